The average molecular weight is 282 g/mol. The van der Waals surface area contributed by atoms with Crippen LogP contribution in [0, 0.1) is 6.92 Å². The SMILES string of the molecule is Cc1[nH]c(CCCc2ccccc2)nc1-c1cccs1. The maximum absolute atomic E-state index is 4.74. The number of aromatic amines is 1. The van der Waals surface area contributed by atoms with Crippen molar-refractivity contribution in [1.82, 2.24) is 9.97 Å². The van der Waals surface area contributed by atoms with Crippen LogP contribution >= 0.6 is 11.3 Å². The molecule has 3 rings (SSSR count). The molecule has 0 saturated heterocycles. The molecule has 102 valence electrons. The first kappa shape index (κ1) is 13.1. The molecule has 1 aromatic carbocycles. The summed E-state index contributed by atoms with van der Waals surface area (Å²) in [5, 5.41) is 2.10. The van der Waals surface area contributed by atoms with Crippen LogP contribution in [0.3, 0.4) is 0 Å². The molecule has 0 aliphatic carbocycles. The lowest BCUT2D eigenvalue weighted by atomic mass is 10.1. The number of H-pyrrole nitrogens is 1. The number of benzene rings is 1. The van der Waals surface area contributed by atoms with E-state index < -0.39 is 0 Å². The van der Waals surface area contributed by atoms with Gasteiger partial charge in [0, 0.05) is 12.1 Å². The van der Waals surface area contributed by atoms with Crippen LogP contribution in [-0.4, -0.2) is 9.97 Å². The Labute approximate surface area is 123 Å². The maximum Gasteiger partial charge on any atom is 0.107 e. The summed E-state index contributed by atoms with van der Waals surface area (Å²) in [5.74, 6) is 1.10. The second-order valence-corrected chi connectivity index (χ2v) is 5.92. The fourth-order valence-electron chi connectivity index (χ4n) is 2.40. The average Bonchev–Trinajstić information content (AvgIpc) is 3.09. The second kappa shape index (κ2) is 6.06. The van der Waals surface area contributed by atoms with E-state index in [0.29, 0.717) is 0 Å². The summed E-state index contributed by atoms with van der Waals surface area (Å²) in [6.07, 6.45) is 3.23. The fourth-order valence-corrected chi connectivity index (χ4v) is 3.17. The van der Waals surface area contributed by atoms with Crippen molar-refractivity contribution in [3.63, 3.8) is 0 Å². The molecule has 3 heteroatoms. The summed E-state index contributed by atoms with van der Waals surface area (Å²) in [6.45, 7) is 2.10. The van der Waals surface area contributed by atoms with Crippen LogP contribution < -0.4 is 0 Å². The topological polar surface area (TPSA) is 28.7 Å². The van der Waals surface area contributed by atoms with E-state index in [1.54, 1.807) is 11.3 Å². The number of nitrogens with one attached hydrogen (secondary N) is 1. The minimum absolute atomic E-state index is 1.00. The Bertz CT molecular complexity index is 654. The van der Waals surface area contributed by atoms with Crippen molar-refractivity contribution in [2.45, 2.75) is 26.2 Å². The molecule has 3 aromatic rings. The van der Waals surface area contributed by atoms with Gasteiger partial charge in [0.2, 0.25) is 0 Å². The molecule has 0 saturated carbocycles. The van der Waals surface area contributed by atoms with Crippen molar-refractivity contribution in [3.05, 3.63) is 64.9 Å². The fraction of sp³-hybridized carbons (Fsp3) is 0.235. The molecule has 0 amide bonds. The monoisotopic (exact) mass is 282 g/mol. The molecule has 2 aromatic heterocycles. The van der Waals surface area contributed by atoms with Crippen LogP contribution in [0.15, 0.2) is 47.8 Å². The minimum atomic E-state index is 1.00. The summed E-state index contributed by atoms with van der Waals surface area (Å²) < 4.78 is 0. The third-order valence-corrected chi connectivity index (χ3v) is 4.29. The smallest absolute Gasteiger partial charge is 0.107 e. The number of thiophene rings is 1. The van der Waals surface area contributed by atoms with Gasteiger partial charge in [-0.05, 0) is 36.8 Å². The van der Waals surface area contributed by atoms with Crippen LogP contribution in [0.4, 0.5) is 0 Å². The lowest BCUT2D eigenvalue weighted by Gasteiger charge is -1.99. The van der Waals surface area contributed by atoms with Gasteiger partial charge >= 0.3 is 0 Å². The first-order chi connectivity index (χ1) is 9.83. The van der Waals surface area contributed by atoms with Crippen LogP contribution in [0.2, 0.25) is 0 Å². The zero-order valence-electron chi connectivity index (χ0n) is 11.6. The molecule has 0 aliphatic rings. The van der Waals surface area contributed by atoms with E-state index in [2.05, 4.69) is 59.8 Å². The van der Waals surface area contributed by atoms with Gasteiger partial charge < -0.3 is 4.98 Å². The Hall–Kier alpha value is -1.87. The summed E-state index contributed by atoms with van der Waals surface area (Å²) in [4.78, 5) is 9.40. The minimum Gasteiger partial charge on any atom is -0.346 e. The quantitative estimate of drug-likeness (QED) is 0.726. The Balaban J connectivity index is 1.63. The molecule has 2 nitrogen and oxygen atoms in total. The summed E-state index contributed by atoms with van der Waals surface area (Å²) in [5.41, 5.74) is 3.67. The van der Waals surface area contributed by atoms with Crippen LogP contribution in [0.1, 0.15) is 23.5 Å². The molecule has 0 atom stereocenters. The summed E-state index contributed by atoms with van der Waals surface area (Å²) in [6, 6.07) is 14.8. The lowest BCUT2D eigenvalue weighted by molar-refractivity contribution is 0.782. The predicted octanol–water partition coefficient (Wildman–Crippen LogP) is 4.62. The van der Waals surface area contributed by atoms with Gasteiger partial charge in [-0.1, -0.05) is 36.4 Å². The van der Waals surface area contributed by atoms with E-state index in [-0.39, 0.29) is 0 Å². The van der Waals surface area contributed by atoms with Crippen molar-refractivity contribution in [2.75, 3.05) is 0 Å². The van der Waals surface area contributed by atoms with Crippen molar-refractivity contribution >= 4 is 11.3 Å². The molecule has 1 N–H and O–H groups in total. The summed E-state index contributed by atoms with van der Waals surface area (Å²) >= 11 is 1.74. The number of rotatable bonds is 5. The maximum atomic E-state index is 4.74. The molecule has 20 heavy (non-hydrogen) atoms. The number of imidazole rings is 1. The molecule has 0 unspecified atom stereocenters. The molecule has 0 radical (unpaired) electrons. The number of aromatic nitrogens is 2. The van der Waals surface area contributed by atoms with E-state index >= 15 is 0 Å². The van der Waals surface area contributed by atoms with E-state index in [1.807, 2.05) is 0 Å². The molecule has 2 heterocycles. The van der Waals surface area contributed by atoms with E-state index in [0.717, 1.165) is 30.8 Å². The lowest BCUT2D eigenvalue weighted by Crippen LogP contribution is -1.92. The van der Waals surface area contributed by atoms with Gasteiger partial charge in [-0.2, -0.15) is 0 Å². The third kappa shape index (κ3) is 2.99. The van der Waals surface area contributed by atoms with E-state index in [1.165, 1.54) is 16.1 Å². The number of aryl methyl sites for hydroxylation is 3. The molecular weight excluding hydrogens is 264 g/mol. The van der Waals surface area contributed by atoms with E-state index in [9.17, 15) is 0 Å². The zero-order valence-corrected chi connectivity index (χ0v) is 12.4. The van der Waals surface area contributed by atoms with Crippen LogP contribution in [0.25, 0.3) is 10.6 Å². The molecule has 0 spiro atoms. The van der Waals surface area contributed by atoms with Gasteiger partial charge in [0.25, 0.3) is 0 Å². The van der Waals surface area contributed by atoms with Crippen LogP contribution in [0.5, 0.6) is 0 Å². The second-order valence-electron chi connectivity index (χ2n) is 4.97. The number of nitrogens with zero attached hydrogens (tertiary/aromatic N) is 1. The third-order valence-electron chi connectivity index (χ3n) is 3.41. The highest BCUT2D eigenvalue weighted by molar-refractivity contribution is 7.13. The predicted molar refractivity (Wildman–Crippen MR) is 85.1 cm³/mol. The highest BCUT2D eigenvalue weighted by Gasteiger charge is 2.09. The largest absolute Gasteiger partial charge is 0.346 e. The van der Waals surface area contributed by atoms with E-state index in [4.69, 9.17) is 4.98 Å². The Morgan fingerprint density at radius 1 is 1.05 bits per heavy atom. The highest BCUT2D eigenvalue weighted by atomic mass is 32.1. The van der Waals surface area contributed by atoms with Gasteiger partial charge in [0.05, 0.1) is 4.88 Å². The Morgan fingerprint density at radius 3 is 2.65 bits per heavy atom. The van der Waals surface area contributed by atoms with Gasteiger partial charge in [-0.25, -0.2) is 4.98 Å². The van der Waals surface area contributed by atoms with Gasteiger partial charge in [-0.15, -0.1) is 11.3 Å². The van der Waals surface area contributed by atoms with Crippen molar-refractivity contribution < 1.29 is 0 Å². The van der Waals surface area contributed by atoms with Crippen molar-refractivity contribution in [1.29, 1.82) is 0 Å². The summed E-state index contributed by atoms with van der Waals surface area (Å²) in [7, 11) is 0. The molecule has 0 aliphatic heterocycles. The number of hydrogen-bond donors (Lipinski definition) is 1. The van der Waals surface area contributed by atoms with Crippen LogP contribution in [-0.2, 0) is 12.8 Å². The Kier molecular flexibility index (Phi) is 3.97. The Morgan fingerprint density at radius 2 is 1.90 bits per heavy atom. The van der Waals surface area contributed by atoms with Crippen molar-refractivity contribution in [3.8, 4) is 10.6 Å². The number of hydrogen-bond acceptors (Lipinski definition) is 2. The standard InChI is InChI=1S/C17H18N2S/c1-13-17(15-10-6-12-20-15)19-16(18-13)11-5-9-14-7-3-2-4-8-14/h2-4,6-8,10,12H,5,9,11H2,1H3,(H,18,19). The van der Waals surface area contributed by atoms with Gasteiger partial charge in [0.15, 0.2) is 0 Å². The van der Waals surface area contributed by atoms with Gasteiger partial charge in [0.1, 0.15) is 11.5 Å². The first-order valence-electron chi connectivity index (χ1n) is 6.96. The van der Waals surface area contributed by atoms with Crippen molar-refractivity contribution in [2.24, 2.45) is 0 Å². The van der Waals surface area contributed by atoms with Gasteiger partial charge in [-0.3, -0.25) is 0 Å². The first-order valence-corrected chi connectivity index (χ1v) is 7.84. The normalized spacial score (nSPS) is 10.8. The zero-order chi connectivity index (χ0) is 13.8. The molecule has 0 fully saturated rings. The molecule has 0 bridgehead atoms. The highest BCUT2D eigenvalue weighted by Crippen LogP contribution is 2.26. The molecular formula is C17H18N2S.